The molecule has 5 heteroatoms. The number of carbonyl (C=O) groups excluding carboxylic acids is 1. The van der Waals surface area contributed by atoms with E-state index >= 15 is 0 Å². The van der Waals surface area contributed by atoms with Crippen LogP contribution in [0.2, 0.25) is 0 Å². The molecule has 0 bridgehead atoms. The van der Waals surface area contributed by atoms with Crippen molar-refractivity contribution in [1.82, 2.24) is 9.88 Å². The first-order valence-electron chi connectivity index (χ1n) is 8.85. The van der Waals surface area contributed by atoms with E-state index in [4.69, 9.17) is 4.74 Å². The molecular weight excluding hydrogens is 326 g/mol. The third-order valence-electron chi connectivity index (χ3n) is 4.38. The molecule has 0 saturated carbocycles. The Balaban J connectivity index is 1.81. The quantitative estimate of drug-likeness (QED) is 0.714. The molecule has 0 unspecified atom stereocenters. The van der Waals surface area contributed by atoms with Gasteiger partial charge in [0.2, 0.25) is 0 Å². The minimum absolute atomic E-state index is 0.0499. The Morgan fingerprint density at radius 2 is 1.88 bits per heavy atom. The molecule has 5 nitrogen and oxygen atoms in total. The lowest BCUT2D eigenvalue weighted by molar-refractivity contribution is -0.856. The van der Waals surface area contributed by atoms with Gasteiger partial charge in [0.15, 0.2) is 0 Å². The van der Waals surface area contributed by atoms with Gasteiger partial charge in [-0.05, 0) is 48.9 Å². The molecule has 0 aliphatic heterocycles. The minimum atomic E-state index is -0.0499. The Labute approximate surface area is 154 Å². The number of amides is 1. The number of ether oxygens (including phenoxy) is 1. The van der Waals surface area contributed by atoms with Crippen LogP contribution in [0, 0.1) is 6.92 Å². The lowest BCUT2D eigenvalue weighted by atomic mass is 10.2. The summed E-state index contributed by atoms with van der Waals surface area (Å²) < 4.78 is 7.88. The zero-order chi connectivity index (χ0) is 18.7. The maximum Gasteiger partial charge on any atom is 0.268 e. The maximum absolute atomic E-state index is 12.5. The van der Waals surface area contributed by atoms with E-state index < -0.39 is 0 Å². The van der Waals surface area contributed by atoms with Crippen LogP contribution in [0.5, 0.6) is 11.5 Å². The second kappa shape index (κ2) is 7.62. The van der Waals surface area contributed by atoms with E-state index in [0.29, 0.717) is 12.2 Å². The van der Waals surface area contributed by atoms with Gasteiger partial charge < -0.3 is 19.5 Å². The van der Waals surface area contributed by atoms with E-state index in [1.54, 1.807) is 0 Å². The van der Waals surface area contributed by atoms with Crippen LogP contribution in [-0.2, 0) is 7.05 Å². The summed E-state index contributed by atoms with van der Waals surface area (Å²) in [6, 6.07) is 15.8. The second-order valence-electron chi connectivity index (χ2n) is 6.94. The summed E-state index contributed by atoms with van der Waals surface area (Å²) in [5.41, 5.74) is 2.81. The van der Waals surface area contributed by atoms with Gasteiger partial charge in [-0.1, -0.05) is 12.1 Å². The van der Waals surface area contributed by atoms with Crippen LogP contribution in [0.1, 0.15) is 16.1 Å². The van der Waals surface area contributed by atoms with Crippen molar-refractivity contribution in [1.29, 1.82) is 0 Å². The smallest absolute Gasteiger partial charge is 0.268 e. The third-order valence-corrected chi connectivity index (χ3v) is 4.38. The number of likely N-dealkylation sites (N-methyl/N-ethyl adjacent to an activating group) is 1. The zero-order valence-corrected chi connectivity index (χ0v) is 15.8. The first-order chi connectivity index (χ1) is 12.4. The summed E-state index contributed by atoms with van der Waals surface area (Å²) in [7, 11) is 6.05. The average molecular weight is 352 g/mol. The number of hydrogen-bond acceptors (Lipinski definition) is 2. The van der Waals surface area contributed by atoms with Gasteiger partial charge in [0.25, 0.3) is 5.91 Å². The molecule has 0 fully saturated rings. The van der Waals surface area contributed by atoms with Gasteiger partial charge in [0, 0.05) is 18.0 Å². The highest BCUT2D eigenvalue weighted by molar-refractivity contribution is 5.99. The summed E-state index contributed by atoms with van der Waals surface area (Å²) in [4.78, 5) is 13.8. The fourth-order valence-corrected chi connectivity index (χ4v) is 2.94. The van der Waals surface area contributed by atoms with Crippen LogP contribution in [0.15, 0.2) is 48.5 Å². The highest BCUT2D eigenvalue weighted by Gasteiger charge is 2.14. The first kappa shape index (κ1) is 18.0. The highest BCUT2D eigenvalue weighted by Crippen LogP contribution is 2.27. The van der Waals surface area contributed by atoms with Crippen molar-refractivity contribution in [3.8, 4) is 11.5 Å². The minimum Gasteiger partial charge on any atom is -0.457 e. The number of fused-ring (bicyclic) bond motifs is 1. The number of aryl methyl sites for hydroxylation is 2. The van der Waals surface area contributed by atoms with Crippen molar-refractivity contribution in [3.63, 3.8) is 0 Å². The second-order valence-corrected chi connectivity index (χ2v) is 6.94. The normalized spacial score (nSPS) is 11.1. The lowest BCUT2D eigenvalue weighted by Crippen LogP contribution is -3.06. The van der Waals surface area contributed by atoms with E-state index in [1.807, 2.05) is 67.1 Å². The molecular formula is C21H26N3O2+. The van der Waals surface area contributed by atoms with Gasteiger partial charge >= 0.3 is 0 Å². The Morgan fingerprint density at radius 1 is 1.12 bits per heavy atom. The number of nitrogens with zero attached hydrogens (tertiary/aromatic N) is 1. The number of aromatic nitrogens is 1. The maximum atomic E-state index is 12.5. The SMILES string of the molecule is Cc1cccc(Oc2ccc3c(c2)cc(C(=O)NCC[NH+](C)C)n3C)c1. The van der Waals surface area contributed by atoms with Crippen molar-refractivity contribution in [2.24, 2.45) is 7.05 Å². The lowest BCUT2D eigenvalue weighted by Gasteiger charge is -2.09. The Bertz CT molecular complexity index is 928. The van der Waals surface area contributed by atoms with E-state index in [1.165, 1.54) is 4.90 Å². The summed E-state index contributed by atoms with van der Waals surface area (Å²) in [5.74, 6) is 1.52. The van der Waals surface area contributed by atoms with E-state index in [9.17, 15) is 4.79 Å². The number of quaternary nitrogens is 1. The highest BCUT2D eigenvalue weighted by atomic mass is 16.5. The molecule has 1 amide bonds. The predicted octanol–water partition coefficient (Wildman–Crippen LogP) is 2.15. The summed E-state index contributed by atoms with van der Waals surface area (Å²) in [6.07, 6.45) is 0. The molecule has 0 aliphatic rings. The Kier molecular flexibility index (Phi) is 5.28. The molecule has 3 aromatic rings. The fraction of sp³-hybridized carbons (Fsp3) is 0.286. The van der Waals surface area contributed by atoms with E-state index in [0.717, 1.165) is 34.5 Å². The average Bonchev–Trinajstić information content (AvgIpc) is 2.91. The van der Waals surface area contributed by atoms with E-state index in [2.05, 4.69) is 19.4 Å². The molecule has 0 spiro atoms. The fourth-order valence-electron chi connectivity index (χ4n) is 2.94. The summed E-state index contributed by atoms with van der Waals surface area (Å²) >= 11 is 0. The van der Waals surface area contributed by atoms with Crippen molar-refractivity contribution in [2.75, 3.05) is 27.2 Å². The van der Waals surface area contributed by atoms with Crippen LogP contribution in [0.3, 0.4) is 0 Å². The Hall–Kier alpha value is -2.79. The largest absolute Gasteiger partial charge is 0.457 e. The molecule has 3 rings (SSSR count). The van der Waals surface area contributed by atoms with Gasteiger partial charge in [-0.15, -0.1) is 0 Å². The molecule has 2 aromatic carbocycles. The topological polar surface area (TPSA) is 47.7 Å². The molecule has 0 radical (unpaired) electrons. The number of carbonyl (C=O) groups is 1. The monoisotopic (exact) mass is 352 g/mol. The molecule has 2 N–H and O–H groups in total. The molecule has 136 valence electrons. The van der Waals surface area contributed by atoms with Crippen molar-refractivity contribution >= 4 is 16.8 Å². The van der Waals surface area contributed by atoms with Crippen LogP contribution in [-0.4, -0.2) is 37.7 Å². The van der Waals surface area contributed by atoms with Gasteiger partial charge in [0.1, 0.15) is 17.2 Å². The van der Waals surface area contributed by atoms with Gasteiger partial charge in [0.05, 0.1) is 27.2 Å². The van der Waals surface area contributed by atoms with Crippen molar-refractivity contribution < 1.29 is 14.4 Å². The van der Waals surface area contributed by atoms with Crippen LogP contribution in [0.4, 0.5) is 0 Å². The van der Waals surface area contributed by atoms with Gasteiger partial charge in [-0.3, -0.25) is 4.79 Å². The molecule has 26 heavy (non-hydrogen) atoms. The Morgan fingerprint density at radius 3 is 2.62 bits per heavy atom. The number of hydrogen-bond donors (Lipinski definition) is 2. The molecule has 0 saturated heterocycles. The van der Waals surface area contributed by atoms with Gasteiger partial charge in [-0.25, -0.2) is 0 Å². The summed E-state index contributed by atoms with van der Waals surface area (Å²) in [6.45, 7) is 3.59. The van der Waals surface area contributed by atoms with Crippen molar-refractivity contribution in [3.05, 3.63) is 59.8 Å². The van der Waals surface area contributed by atoms with E-state index in [-0.39, 0.29) is 5.91 Å². The van der Waals surface area contributed by atoms with Crippen LogP contribution in [0.25, 0.3) is 10.9 Å². The molecule has 0 atom stereocenters. The first-order valence-corrected chi connectivity index (χ1v) is 8.85. The standard InChI is InChI=1S/C21H25N3O2/c1-15-6-5-7-17(12-15)26-18-8-9-19-16(13-18)14-20(24(19)4)21(25)22-10-11-23(2)3/h5-9,12-14H,10-11H2,1-4H3,(H,22,25)/p+1. The molecule has 1 heterocycles. The summed E-state index contributed by atoms with van der Waals surface area (Å²) in [5, 5.41) is 3.97. The predicted molar refractivity (Wildman–Crippen MR) is 104 cm³/mol. The van der Waals surface area contributed by atoms with Gasteiger partial charge in [-0.2, -0.15) is 0 Å². The number of rotatable bonds is 6. The number of nitrogens with one attached hydrogen (secondary N) is 2. The molecule has 1 aromatic heterocycles. The van der Waals surface area contributed by atoms with Crippen molar-refractivity contribution in [2.45, 2.75) is 6.92 Å². The molecule has 0 aliphatic carbocycles. The van der Waals surface area contributed by atoms with Crippen LogP contribution >= 0.6 is 0 Å². The zero-order valence-electron chi connectivity index (χ0n) is 15.8. The third kappa shape index (κ3) is 4.06. The number of benzene rings is 2. The van der Waals surface area contributed by atoms with Crippen LogP contribution < -0.4 is 15.0 Å².